The number of likely N-dealkylation sites (tertiary alicyclic amines) is 1. The molecule has 0 aromatic heterocycles. The van der Waals surface area contributed by atoms with E-state index >= 15 is 0 Å². The second kappa shape index (κ2) is 6.09. The molecule has 1 saturated heterocycles. The van der Waals surface area contributed by atoms with Crippen LogP contribution in [0.1, 0.15) is 40.0 Å². The average molecular weight is 193 g/mol. The number of piperidine rings is 1. The van der Waals surface area contributed by atoms with Crippen molar-refractivity contribution >= 4 is 0 Å². The van der Waals surface area contributed by atoms with Crippen LogP contribution in [0, 0.1) is 23.7 Å². The zero-order chi connectivity index (χ0) is 10.4. The zero-order valence-corrected chi connectivity index (χ0v) is 9.84. The van der Waals surface area contributed by atoms with E-state index in [2.05, 4.69) is 37.5 Å². The Labute approximate surface area is 88.9 Å². The first kappa shape index (κ1) is 11.6. The van der Waals surface area contributed by atoms with Crippen LogP contribution >= 0.6 is 0 Å². The van der Waals surface area contributed by atoms with Crippen molar-refractivity contribution in [3.05, 3.63) is 0 Å². The summed E-state index contributed by atoms with van der Waals surface area (Å²) in [7, 11) is 0. The van der Waals surface area contributed by atoms with E-state index < -0.39 is 0 Å². The van der Waals surface area contributed by atoms with Gasteiger partial charge < -0.3 is 0 Å². The molecule has 1 rings (SSSR count). The molecule has 0 spiro atoms. The quantitative estimate of drug-likeness (QED) is 0.610. The molecule has 0 bridgehead atoms. The molecule has 0 saturated carbocycles. The van der Waals surface area contributed by atoms with Crippen molar-refractivity contribution in [2.45, 2.75) is 40.0 Å². The van der Waals surface area contributed by atoms with Crippen molar-refractivity contribution < 1.29 is 0 Å². The molecule has 0 radical (unpaired) electrons. The Kier molecular flexibility index (Phi) is 5.04. The summed E-state index contributed by atoms with van der Waals surface area (Å²) >= 11 is 0. The summed E-state index contributed by atoms with van der Waals surface area (Å²) in [6, 6.07) is 0. The highest BCUT2D eigenvalue weighted by molar-refractivity contribution is 5.00. The van der Waals surface area contributed by atoms with Crippen LogP contribution in [0.2, 0.25) is 0 Å². The maximum atomic E-state index is 3.22. The van der Waals surface area contributed by atoms with Crippen LogP contribution in [-0.4, -0.2) is 24.5 Å². The Morgan fingerprint density at radius 1 is 1.21 bits per heavy atom. The molecule has 0 aliphatic carbocycles. The van der Waals surface area contributed by atoms with Gasteiger partial charge in [-0.05, 0) is 37.8 Å². The van der Waals surface area contributed by atoms with Gasteiger partial charge in [0.05, 0.1) is 6.54 Å². The highest BCUT2D eigenvalue weighted by Gasteiger charge is 2.20. The molecule has 1 aliphatic rings. The van der Waals surface area contributed by atoms with Crippen molar-refractivity contribution in [2.24, 2.45) is 11.8 Å². The Morgan fingerprint density at radius 3 is 2.36 bits per heavy atom. The van der Waals surface area contributed by atoms with Crippen LogP contribution in [0.3, 0.4) is 0 Å². The monoisotopic (exact) mass is 193 g/mol. The molecular weight excluding hydrogens is 170 g/mol. The topological polar surface area (TPSA) is 3.24 Å². The van der Waals surface area contributed by atoms with Crippen molar-refractivity contribution in [2.75, 3.05) is 19.6 Å². The summed E-state index contributed by atoms with van der Waals surface area (Å²) in [5.41, 5.74) is 0. The van der Waals surface area contributed by atoms with Gasteiger partial charge in [0.15, 0.2) is 0 Å². The van der Waals surface area contributed by atoms with Gasteiger partial charge in [-0.2, -0.15) is 0 Å². The van der Waals surface area contributed by atoms with Crippen molar-refractivity contribution in [3.63, 3.8) is 0 Å². The lowest BCUT2D eigenvalue weighted by Gasteiger charge is -2.32. The first-order chi connectivity index (χ1) is 6.74. The third kappa shape index (κ3) is 3.72. The molecule has 0 atom stereocenters. The van der Waals surface area contributed by atoms with E-state index in [-0.39, 0.29) is 0 Å². The molecule has 0 aromatic rings. The summed E-state index contributed by atoms with van der Waals surface area (Å²) in [5, 5.41) is 0. The molecule has 0 amide bonds. The minimum atomic E-state index is 0.860. The van der Waals surface area contributed by atoms with Crippen LogP contribution in [0.4, 0.5) is 0 Å². The van der Waals surface area contributed by atoms with Gasteiger partial charge in [0.1, 0.15) is 0 Å². The molecule has 14 heavy (non-hydrogen) atoms. The lowest BCUT2D eigenvalue weighted by Crippen LogP contribution is -2.35. The summed E-state index contributed by atoms with van der Waals surface area (Å²) in [6.07, 6.45) is 3.72. The normalized spacial score (nSPS) is 19.4. The fourth-order valence-electron chi connectivity index (χ4n) is 2.07. The maximum Gasteiger partial charge on any atom is 0.0601 e. The van der Waals surface area contributed by atoms with E-state index in [1.165, 1.54) is 25.9 Å². The second-order valence-electron chi connectivity index (χ2n) is 4.56. The van der Waals surface area contributed by atoms with E-state index in [1.807, 2.05) is 0 Å². The Balaban J connectivity index is 2.22. The smallest absolute Gasteiger partial charge is 0.0601 e. The van der Waals surface area contributed by atoms with Gasteiger partial charge in [-0.1, -0.05) is 26.7 Å². The lowest BCUT2D eigenvalue weighted by atomic mass is 9.87. The van der Waals surface area contributed by atoms with Crippen molar-refractivity contribution in [1.82, 2.24) is 4.90 Å². The molecule has 1 heterocycles. The highest BCUT2D eigenvalue weighted by Crippen LogP contribution is 2.23. The van der Waals surface area contributed by atoms with Gasteiger partial charge in [-0.15, -0.1) is 5.92 Å². The van der Waals surface area contributed by atoms with E-state index in [1.54, 1.807) is 0 Å². The summed E-state index contributed by atoms with van der Waals surface area (Å²) in [6.45, 7) is 10.3. The number of hydrogen-bond acceptors (Lipinski definition) is 1. The fourth-order valence-corrected chi connectivity index (χ4v) is 2.07. The van der Waals surface area contributed by atoms with Gasteiger partial charge >= 0.3 is 0 Å². The van der Waals surface area contributed by atoms with Gasteiger partial charge in [0.25, 0.3) is 0 Å². The van der Waals surface area contributed by atoms with Crippen LogP contribution in [0.25, 0.3) is 0 Å². The molecule has 0 aromatic carbocycles. The van der Waals surface area contributed by atoms with Crippen molar-refractivity contribution in [3.8, 4) is 11.8 Å². The standard InChI is InChI=1S/C13H23N/c1-4-5-6-9-14-10-7-13(8-11-14)12(2)3/h12-13H,4,7-11H2,1-3H3. The Hall–Kier alpha value is -0.480. The van der Waals surface area contributed by atoms with Crippen LogP contribution in [-0.2, 0) is 0 Å². The summed E-state index contributed by atoms with van der Waals surface area (Å²) in [4.78, 5) is 2.49. The minimum Gasteiger partial charge on any atom is -0.292 e. The zero-order valence-electron chi connectivity index (χ0n) is 9.84. The van der Waals surface area contributed by atoms with Gasteiger partial charge in [0, 0.05) is 6.42 Å². The Bertz CT molecular complexity index is 201. The maximum absolute atomic E-state index is 3.22. The molecule has 80 valence electrons. The third-order valence-corrected chi connectivity index (χ3v) is 3.18. The lowest BCUT2D eigenvalue weighted by molar-refractivity contribution is 0.173. The molecule has 0 N–H and O–H groups in total. The highest BCUT2D eigenvalue weighted by atomic mass is 15.1. The van der Waals surface area contributed by atoms with Crippen molar-refractivity contribution in [1.29, 1.82) is 0 Å². The molecule has 1 heteroatoms. The van der Waals surface area contributed by atoms with E-state index in [4.69, 9.17) is 0 Å². The predicted molar refractivity (Wildman–Crippen MR) is 62.1 cm³/mol. The van der Waals surface area contributed by atoms with Gasteiger partial charge in [-0.3, -0.25) is 4.90 Å². The van der Waals surface area contributed by atoms with Crippen LogP contribution in [0.15, 0.2) is 0 Å². The number of rotatable bonds is 2. The molecule has 1 aliphatic heterocycles. The molecule has 0 unspecified atom stereocenters. The van der Waals surface area contributed by atoms with Crippen LogP contribution < -0.4 is 0 Å². The largest absolute Gasteiger partial charge is 0.292 e. The number of nitrogens with zero attached hydrogens (tertiary/aromatic N) is 1. The third-order valence-electron chi connectivity index (χ3n) is 3.18. The molecule has 1 fully saturated rings. The summed E-state index contributed by atoms with van der Waals surface area (Å²) in [5.74, 6) is 8.17. The first-order valence-electron chi connectivity index (χ1n) is 5.92. The Morgan fingerprint density at radius 2 is 1.86 bits per heavy atom. The fraction of sp³-hybridized carbons (Fsp3) is 0.846. The van der Waals surface area contributed by atoms with E-state index in [9.17, 15) is 0 Å². The van der Waals surface area contributed by atoms with E-state index in [0.717, 1.165) is 24.8 Å². The SMILES string of the molecule is CCC#CCN1CCC(C(C)C)CC1. The number of hydrogen-bond donors (Lipinski definition) is 0. The molecule has 1 nitrogen and oxygen atoms in total. The van der Waals surface area contributed by atoms with Gasteiger partial charge in [-0.25, -0.2) is 0 Å². The second-order valence-corrected chi connectivity index (χ2v) is 4.56. The van der Waals surface area contributed by atoms with Crippen LogP contribution in [0.5, 0.6) is 0 Å². The molecular formula is C13H23N. The van der Waals surface area contributed by atoms with Gasteiger partial charge in [0.2, 0.25) is 0 Å². The van der Waals surface area contributed by atoms with E-state index in [0.29, 0.717) is 0 Å². The summed E-state index contributed by atoms with van der Waals surface area (Å²) < 4.78 is 0. The minimum absolute atomic E-state index is 0.860. The predicted octanol–water partition coefficient (Wildman–Crippen LogP) is 2.77. The average Bonchev–Trinajstić information content (AvgIpc) is 2.19. The first-order valence-corrected chi connectivity index (χ1v) is 5.92.